The van der Waals surface area contributed by atoms with E-state index in [9.17, 15) is 19.2 Å². The summed E-state index contributed by atoms with van der Waals surface area (Å²) in [6, 6.07) is 8.67. The largest absolute Gasteiger partial charge is 0.385 e. The van der Waals surface area contributed by atoms with E-state index >= 15 is 0 Å². The molecule has 2 aromatic rings. The average Bonchev–Trinajstić information content (AvgIpc) is 3.16. The van der Waals surface area contributed by atoms with Crippen molar-refractivity contribution in [2.45, 2.75) is 57.5 Å². The number of benzene rings is 2. The molecule has 0 aromatic heterocycles. The highest BCUT2D eigenvalue weighted by atomic mass is 16.2. The third-order valence-corrected chi connectivity index (χ3v) is 7.84. The van der Waals surface area contributed by atoms with Crippen molar-refractivity contribution in [3.63, 3.8) is 0 Å². The number of hydrogen-bond acceptors (Lipinski definition) is 6. The predicted octanol–water partition coefficient (Wildman–Crippen LogP) is 2.67. The molecule has 2 aromatic carbocycles. The number of likely N-dealkylation sites (tertiary alicyclic amines) is 1. The minimum atomic E-state index is -0.719. The van der Waals surface area contributed by atoms with Gasteiger partial charge in [0.15, 0.2) is 0 Å². The van der Waals surface area contributed by atoms with Gasteiger partial charge in [0.05, 0.1) is 5.69 Å². The van der Waals surface area contributed by atoms with Crippen LogP contribution in [-0.2, 0) is 20.8 Å². The number of piperidine rings is 2. The molecular weight excluding hydrogens is 470 g/mol. The van der Waals surface area contributed by atoms with Crippen LogP contribution in [0, 0.1) is 5.41 Å². The van der Waals surface area contributed by atoms with Crippen LogP contribution in [0.5, 0.6) is 0 Å². The van der Waals surface area contributed by atoms with E-state index in [4.69, 9.17) is 5.41 Å². The third-order valence-electron chi connectivity index (χ3n) is 7.84. The number of imide groups is 1. The highest BCUT2D eigenvalue weighted by molar-refractivity contribution is 6.27. The zero-order chi connectivity index (χ0) is 26.3. The molecule has 3 aliphatic rings. The summed E-state index contributed by atoms with van der Waals surface area (Å²) >= 11 is 0. The number of hydrogen-bond donors (Lipinski definition) is 3. The van der Waals surface area contributed by atoms with Gasteiger partial charge in [-0.2, -0.15) is 0 Å². The number of nitrogens with zero attached hydrogens (tertiary/aromatic N) is 2. The van der Waals surface area contributed by atoms with E-state index in [0.29, 0.717) is 37.2 Å². The molecule has 4 amide bonds. The maximum atomic E-state index is 13.4. The summed E-state index contributed by atoms with van der Waals surface area (Å²) in [4.78, 5) is 52.6. The molecule has 1 atom stereocenters. The standard InChI is InChI=1S/C28H31N5O4/c1-17(34)32-12-10-28(2,11-13-32)30-16-18(15-29)14-19-6-7-22-25-20(19)4-3-5-21(25)27(37)33(22)23-8-9-24(35)31-26(23)36/h3-7,15-16,23,29-30H,8-14H2,1-2H3,(H,31,35,36)/b18-16-,29-15?. The van der Waals surface area contributed by atoms with Gasteiger partial charge < -0.3 is 15.6 Å². The van der Waals surface area contributed by atoms with Gasteiger partial charge in [0.1, 0.15) is 6.04 Å². The Kier molecular flexibility index (Phi) is 6.31. The Morgan fingerprint density at radius 3 is 2.62 bits per heavy atom. The number of nitrogens with one attached hydrogen (secondary N) is 3. The Balaban J connectivity index is 1.40. The summed E-state index contributed by atoms with van der Waals surface area (Å²) in [6.07, 6.45) is 5.87. The molecule has 0 radical (unpaired) electrons. The Morgan fingerprint density at radius 1 is 1.19 bits per heavy atom. The molecule has 37 heavy (non-hydrogen) atoms. The second-order valence-corrected chi connectivity index (χ2v) is 10.4. The van der Waals surface area contributed by atoms with Gasteiger partial charge in [-0.15, -0.1) is 0 Å². The Morgan fingerprint density at radius 2 is 1.95 bits per heavy atom. The summed E-state index contributed by atoms with van der Waals surface area (Å²) in [5.41, 5.74) is 2.84. The first kappa shape index (κ1) is 24.7. The summed E-state index contributed by atoms with van der Waals surface area (Å²) in [5, 5.41) is 15.6. The lowest BCUT2D eigenvalue weighted by atomic mass is 9.89. The van der Waals surface area contributed by atoms with E-state index in [2.05, 4.69) is 17.6 Å². The number of carbonyl (C=O) groups excluding carboxylic acids is 4. The van der Waals surface area contributed by atoms with Crippen LogP contribution in [0.1, 0.15) is 55.5 Å². The topological polar surface area (TPSA) is 123 Å². The summed E-state index contributed by atoms with van der Waals surface area (Å²) in [7, 11) is 0. The van der Waals surface area contributed by atoms with Crippen LogP contribution < -0.4 is 15.5 Å². The van der Waals surface area contributed by atoms with Gasteiger partial charge in [-0.05, 0) is 54.8 Å². The second-order valence-electron chi connectivity index (χ2n) is 10.4. The molecule has 3 N–H and O–H groups in total. The quantitative estimate of drug-likeness (QED) is 0.415. The number of anilines is 1. The van der Waals surface area contributed by atoms with Gasteiger partial charge in [0.2, 0.25) is 17.7 Å². The van der Waals surface area contributed by atoms with Gasteiger partial charge in [-0.25, -0.2) is 0 Å². The lowest BCUT2D eigenvalue weighted by molar-refractivity contribution is -0.134. The molecule has 9 heteroatoms. The minimum absolute atomic E-state index is 0.0967. The van der Waals surface area contributed by atoms with E-state index in [1.54, 1.807) is 13.0 Å². The molecular formula is C28H31N5O4. The van der Waals surface area contributed by atoms with Crippen LogP contribution in [-0.4, -0.2) is 59.4 Å². The van der Waals surface area contributed by atoms with Gasteiger partial charge >= 0.3 is 0 Å². The zero-order valence-corrected chi connectivity index (χ0v) is 21.1. The number of carbonyl (C=O) groups is 4. The van der Waals surface area contributed by atoms with Crippen LogP contribution in [0.4, 0.5) is 5.69 Å². The van der Waals surface area contributed by atoms with Crippen molar-refractivity contribution in [3.05, 3.63) is 53.2 Å². The number of rotatable bonds is 6. The van der Waals surface area contributed by atoms with Gasteiger partial charge in [0.25, 0.3) is 5.91 Å². The fraction of sp³-hybridized carbons (Fsp3) is 0.393. The first-order valence-electron chi connectivity index (χ1n) is 12.7. The fourth-order valence-corrected chi connectivity index (χ4v) is 5.55. The van der Waals surface area contributed by atoms with Crippen molar-refractivity contribution in [2.24, 2.45) is 0 Å². The normalized spacial score (nSPS) is 21.3. The molecule has 0 saturated carbocycles. The third kappa shape index (κ3) is 4.50. The van der Waals surface area contributed by atoms with Crippen LogP contribution in [0.2, 0.25) is 0 Å². The Labute approximate surface area is 215 Å². The van der Waals surface area contributed by atoms with Crippen molar-refractivity contribution >= 4 is 46.3 Å². The fourth-order valence-electron chi connectivity index (χ4n) is 5.55. The average molecular weight is 502 g/mol. The van der Waals surface area contributed by atoms with Crippen LogP contribution in [0.15, 0.2) is 42.1 Å². The number of amides is 4. The second kappa shape index (κ2) is 9.46. The van der Waals surface area contributed by atoms with E-state index in [-0.39, 0.29) is 29.7 Å². The lowest BCUT2D eigenvalue weighted by Crippen LogP contribution is -2.53. The molecule has 2 fully saturated rings. The van der Waals surface area contributed by atoms with Crippen molar-refractivity contribution in [1.82, 2.24) is 15.5 Å². The molecule has 0 spiro atoms. The van der Waals surface area contributed by atoms with Crippen molar-refractivity contribution in [3.8, 4) is 0 Å². The molecule has 3 heterocycles. The maximum absolute atomic E-state index is 13.4. The van der Waals surface area contributed by atoms with Crippen LogP contribution >= 0.6 is 0 Å². The zero-order valence-electron chi connectivity index (χ0n) is 21.1. The molecule has 3 aliphatic heterocycles. The highest BCUT2D eigenvalue weighted by Crippen LogP contribution is 2.41. The molecule has 2 saturated heterocycles. The van der Waals surface area contributed by atoms with Crippen LogP contribution in [0.25, 0.3) is 10.8 Å². The van der Waals surface area contributed by atoms with Gasteiger partial charge in [-0.1, -0.05) is 18.2 Å². The predicted molar refractivity (Wildman–Crippen MR) is 141 cm³/mol. The SMILES string of the molecule is CC(=O)N1CCC(C)(N/C=C(\C=N)Cc2ccc3c4c(cccc24)C(=O)N3C2CCC(=O)NC2=O)CC1. The summed E-state index contributed by atoms with van der Waals surface area (Å²) in [5.74, 6) is -0.901. The maximum Gasteiger partial charge on any atom is 0.259 e. The van der Waals surface area contributed by atoms with Crippen molar-refractivity contribution in [2.75, 3.05) is 18.0 Å². The monoisotopic (exact) mass is 501 g/mol. The molecule has 192 valence electrons. The first-order chi connectivity index (χ1) is 17.7. The summed E-state index contributed by atoms with van der Waals surface area (Å²) < 4.78 is 0. The van der Waals surface area contributed by atoms with E-state index in [0.717, 1.165) is 34.8 Å². The number of allylic oxidation sites excluding steroid dienone is 1. The summed E-state index contributed by atoms with van der Waals surface area (Å²) in [6.45, 7) is 5.15. The lowest BCUT2D eigenvalue weighted by Gasteiger charge is -2.39. The van der Waals surface area contributed by atoms with E-state index < -0.39 is 11.9 Å². The first-order valence-corrected chi connectivity index (χ1v) is 12.7. The molecule has 0 bridgehead atoms. The molecule has 9 nitrogen and oxygen atoms in total. The van der Waals surface area contributed by atoms with Crippen molar-refractivity contribution in [1.29, 1.82) is 5.41 Å². The molecule has 0 aliphatic carbocycles. The van der Waals surface area contributed by atoms with E-state index in [1.165, 1.54) is 11.1 Å². The van der Waals surface area contributed by atoms with Crippen molar-refractivity contribution < 1.29 is 19.2 Å². The Bertz CT molecular complexity index is 1360. The van der Waals surface area contributed by atoms with E-state index in [1.807, 2.05) is 35.4 Å². The van der Waals surface area contributed by atoms with Crippen LogP contribution in [0.3, 0.4) is 0 Å². The highest BCUT2D eigenvalue weighted by Gasteiger charge is 2.40. The Hall–Kier alpha value is -4.01. The molecule has 5 rings (SSSR count). The smallest absolute Gasteiger partial charge is 0.259 e. The molecule has 1 unspecified atom stereocenters. The van der Waals surface area contributed by atoms with Gasteiger partial charge in [-0.3, -0.25) is 29.4 Å². The minimum Gasteiger partial charge on any atom is -0.385 e. The van der Waals surface area contributed by atoms with Gasteiger partial charge in [0, 0.05) is 61.8 Å².